The molecule has 1 saturated heterocycles. The van der Waals surface area contributed by atoms with Gasteiger partial charge < -0.3 is 4.90 Å². The molecule has 1 fully saturated rings. The molecule has 3 aromatic rings. The van der Waals surface area contributed by atoms with E-state index < -0.39 is 0 Å². The highest BCUT2D eigenvalue weighted by atomic mass is 32.1. The van der Waals surface area contributed by atoms with Gasteiger partial charge in [0.2, 0.25) is 0 Å². The second kappa shape index (κ2) is 5.70. The minimum atomic E-state index is 0.0949. The lowest BCUT2D eigenvalue weighted by Crippen LogP contribution is -2.30. The van der Waals surface area contributed by atoms with E-state index >= 15 is 0 Å². The van der Waals surface area contributed by atoms with Crippen LogP contribution in [0.3, 0.4) is 0 Å². The van der Waals surface area contributed by atoms with E-state index in [2.05, 4.69) is 27.6 Å². The van der Waals surface area contributed by atoms with Crippen molar-refractivity contribution in [2.24, 2.45) is 7.05 Å². The number of carbonyl (C=O) groups excluding carboxylic acids is 1. The Labute approximate surface area is 144 Å². The van der Waals surface area contributed by atoms with Crippen molar-refractivity contribution >= 4 is 28.3 Å². The molecule has 0 N–H and O–H groups in total. The Kier molecular flexibility index (Phi) is 3.64. The zero-order valence-corrected chi connectivity index (χ0v) is 14.9. The number of thiophene rings is 1. The maximum absolute atomic E-state index is 13.3. The molecule has 124 valence electrons. The maximum Gasteiger partial charge on any atom is 0.255 e. The number of aromatic nitrogens is 3. The molecule has 1 atom stereocenters. The van der Waals surface area contributed by atoms with Gasteiger partial charge in [-0.1, -0.05) is 6.07 Å². The third kappa shape index (κ3) is 2.33. The summed E-state index contributed by atoms with van der Waals surface area (Å²) in [4.78, 5) is 21.2. The van der Waals surface area contributed by atoms with Crippen molar-refractivity contribution in [2.75, 3.05) is 6.54 Å². The number of amides is 1. The van der Waals surface area contributed by atoms with Gasteiger partial charge >= 0.3 is 0 Å². The number of likely N-dealkylation sites (tertiary alicyclic amines) is 1. The van der Waals surface area contributed by atoms with Crippen LogP contribution in [0.1, 0.15) is 45.5 Å². The summed E-state index contributed by atoms with van der Waals surface area (Å²) in [6.45, 7) is 4.68. The van der Waals surface area contributed by atoms with E-state index in [9.17, 15) is 4.79 Å². The molecule has 1 unspecified atom stereocenters. The standard InChI is InChI=1S/C18H20N4OS/c1-11-10-13(16-12(2)20-21(3)17(16)19-11)18(23)22-8-4-6-14(22)15-7-5-9-24-15/h5,7,9-10,14H,4,6,8H2,1-3H3. The summed E-state index contributed by atoms with van der Waals surface area (Å²) in [6.07, 6.45) is 2.08. The Morgan fingerprint density at radius 1 is 1.38 bits per heavy atom. The van der Waals surface area contributed by atoms with Crippen molar-refractivity contribution in [1.29, 1.82) is 0 Å². The van der Waals surface area contributed by atoms with Crippen LogP contribution in [0.2, 0.25) is 0 Å². The van der Waals surface area contributed by atoms with E-state index in [1.807, 2.05) is 31.9 Å². The number of pyridine rings is 1. The first kappa shape index (κ1) is 15.3. The van der Waals surface area contributed by atoms with Crippen LogP contribution in [0.25, 0.3) is 11.0 Å². The number of hydrogen-bond donors (Lipinski definition) is 0. The van der Waals surface area contributed by atoms with E-state index in [1.54, 1.807) is 16.0 Å². The second-order valence-corrected chi connectivity index (χ2v) is 7.37. The summed E-state index contributed by atoms with van der Waals surface area (Å²) >= 11 is 1.73. The number of hydrogen-bond acceptors (Lipinski definition) is 4. The quantitative estimate of drug-likeness (QED) is 0.716. The Morgan fingerprint density at radius 3 is 2.96 bits per heavy atom. The molecule has 0 bridgehead atoms. The van der Waals surface area contributed by atoms with Crippen LogP contribution < -0.4 is 0 Å². The summed E-state index contributed by atoms with van der Waals surface area (Å²) < 4.78 is 1.76. The second-order valence-electron chi connectivity index (χ2n) is 6.39. The predicted molar refractivity (Wildman–Crippen MR) is 95.3 cm³/mol. The van der Waals surface area contributed by atoms with Crippen LogP contribution in [0.4, 0.5) is 0 Å². The third-order valence-electron chi connectivity index (χ3n) is 4.71. The van der Waals surface area contributed by atoms with Crippen LogP contribution in [-0.2, 0) is 7.05 Å². The molecule has 6 heteroatoms. The Balaban J connectivity index is 1.81. The molecular formula is C18H20N4OS. The molecule has 3 aromatic heterocycles. The van der Waals surface area contributed by atoms with Crippen LogP contribution >= 0.6 is 11.3 Å². The average Bonchev–Trinajstić information content (AvgIpc) is 3.27. The predicted octanol–water partition coefficient (Wildman–Crippen LogP) is 3.62. The molecule has 1 aliphatic heterocycles. The number of nitrogens with zero attached hydrogens (tertiary/aromatic N) is 4. The van der Waals surface area contributed by atoms with Crippen molar-refractivity contribution in [2.45, 2.75) is 32.7 Å². The molecular weight excluding hydrogens is 320 g/mol. The topological polar surface area (TPSA) is 51.0 Å². The lowest BCUT2D eigenvalue weighted by atomic mass is 10.1. The highest BCUT2D eigenvalue weighted by Gasteiger charge is 2.32. The monoisotopic (exact) mass is 340 g/mol. The Bertz CT molecular complexity index is 913. The van der Waals surface area contributed by atoms with Crippen molar-refractivity contribution in [1.82, 2.24) is 19.7 Å². The van der Waals surface area contributed by atoms with Crippen LogP contribution in [-0.4, -0.2) is 32.1 Å². The normalized spacial score (nSPS) is 17.8. The molecule has 24 heavy (non-hydrogen) atoms. The molecule has 0 aliphatic carbocycles. The first-order valence-electron chi connectivity index (χ1n) is 8.21. The zero-order valence-electron chi connectivity index (χ0n) is 14.1. The molecule has 0 spiro atoms. The highest BCUT2D eigenvalue weighted by Crippen LogP contribution is 2.36. The van der Waals surface area contributed by atoms with E-state index in [0.717, 1.165) is 47.4 Å². The first-order valence-corrected chi connectivity index (χ1v) is 9.09. The van der Waals surface area contributed by atoms with E-state index in [0.29, 0.717) is 0 Å². The fraction of sp³-hybridized carbons (Fsp3) is 0.389. The van der Waals surface area contributed by atoms with Gasteiger partial charge in [0.15, 0.2) is 5.65 Å². The molecule has 4 rings (SSSR count). The fourth-order valence-electron chi connectivity index (χ4n) is 3.68. The Hall–Kier alpha value is -2.21. The number of aryl methyl sites for hydroxylation is 3. The van der Waals surface area contributed by atoms with Gasteiger partial charge in [0.25, 0.3) is 5.91 Å². The summed E-state index contributed by atoms with van der Waals surface area (Å²) in [6, 6.07) is 6.28. The Morgan fingerprint density at radius 2 is 2.21 bits per heavy atom. The smallest absolute Gasteiger partial charge is 0.255 e. The number of fused-ring (bicyclic) bond motifs is 1. The summed E-state index contributed by atoms with van der Waals surface area (Å²) in [5, 5.41) is 7.41. The molecule has 0 radical (unpaired) electrons. The van der Waals surface area contributed by atoms with E-state index in [-0.39, 0.29) is 11.9 Å². The SMILES string of the molecule is Cc1cc(C(=O)N2CCCC2c2cccs2)c2c(C)nn(C)c2n1. The highest BCUT2D eigenvalue weighted by molar-refractivity contribution is 7.10. The van der Waals surface area contributed by atoms with Crippen LogP contribution in [0, 0.1) is 13.8 Å². The van der Waals surface area contributed by atoms with Crippen molar-refractivity contribution < 1.29 is 4.79 Å². The number of rotatable bonds is 2. The van der Waals surface area contributed by atoms with Crippen LogP contribution in [0.5, 0.6) is 0 Å². The molecule has 4 heterocycles. The minimum Gasteiger partial charge on any atom is -0.331 e. The summed E-state index contributed by atoms with van der Waals surface area (Å²) in [5.41, 5.74) is 3.21. The molecule has 0 aromatic carbocycles. The summed E-state index contributed by atoms with van der Waals surface area (Å²) in [5.74, 6) is 0.0949. The van der Waals surface area contributed by atoms with Gasteiger partial charge in [-0.15, -0.1) is 11.3 Å². The largest absolute Gasteiger partial charge is 0.331 e. The summed E-state index contributed by atoms with van der Waals surface area (Å²) in [7, 11) is 1.88. The van der Waals surface area contributed by atoms with Crippen molar-refractivity contribution in [3.63, 3.8) is 0 Å². The fourth-order valence-corrected chi connectivity index (χ4v) is 4.55. The van der Waals surface area contributed by atoms with Crippen molar-refractivity contribution in [3.8, 4) is 0 Å². The average molecular weight is 340 g/mol. The van der Waals surface area contributed by atoms with E-state index in [4.69, 9.17) is 0 Å². The molecule has 1 amide bonds. The van der Waals surface area contributed by atoms with E-state index in [1.165, 1.54) is 4.88 Å². The van der Waals surface area contributed by atoms with Crippen LogP contribution in [0.15, 0.2) is 23.6 Å². The lowest BCUT2D eigenvalue weighted by molar-refractivity contribution is 0.0739. The third-order valence-corrected chi connectivity index (χ3v) is 5.69. The van der Waals surface area contributed by atoms with Gasteiger partial charge in [-0.3, -0.25) is 9.48 Å². The minimum absolute atomic E-state index is 0.0949. The first-order chi connectivity index (χ1) is 11.6. The van der Waals surface area contributed by atoms with Gasteiger partial charge in [-0.25, -0.2) is 4.98 Å². The zero-order chi connectivity index (χ0) is 16.8. The van der Waals surface area contributed by atoms with Gasteiger partial charge in [-0.2, -0.15) is 5.10 Å². The molecule has 0 saturated carbocycles. The number of carbonyl (C=O) groups is 1. The van der Waals surface area contributed by atoms with Gasteiger partial charge in [0.1, 0.15) is 0 Å². The van der Waals surface area contributed by atoms with Gasteiger partial charge in [-0.05, 0) is 44.2 Å². The van der Waals surface area contributed by atoms with Gasteiger partial charge in [0.05, 0.1) is 22.7 Å². The molecule has 5 nitrogen and oxygen atoms in total. The van der Waals surface area contributed by atoms with Crippen molar-refractivity contribution in [3.05, 3.63) is 45.4 Å². The molecule has 1 aliphatic rings. The maximum atomic E-state index is 13.3. The van der Waals surface area contributed by atoms with Gasteiger partial charge in [0, 0.05) is 24.2 Å². The lowest BCUT2D eigenvalue weighted by Gasteiger charge is -2.24.